The average Bonchev–Trinajstić information content (AvgIpc) is 3.12. The molecule has 0 spiro atoms. The number of aliphatic hydroxyl groups is 1. The Balaban J connectivity index is 1.37. The zero-order valence-electron chi connectivity index (χ0n) is 12.4. The second-order valence-electron chi connectivity index (χ2n) is 7.39. The van der Waals surface area contributed by atoms with Gasteiger partial charge in [-0.2, -0.15) is 0 Å². The summed E-state index contributed by atoms with van der Waals surface area (Å²) in [5, 5.41) is 10.2. The first-order chi connectivity index (χ1) is 8.73. The standard InChI is InChI=1S/C15H26O4/c1-13(2)10(18-13)6-8-15(4)11(19-15)5-7-14(3,16)12-9-17-12/h10-12,16H,5-9H2,1-4H3. The molecule has 0 bridgehead atoms. The summed E-state index contributed by atoms with van der Waals surface area (Å²) >= 11 is 0. The highest BCUT2D eigenvalue weighted by Gasteiger charge is 2.55. The molecule has 0 aromatic carbocycles. The van der Waals surface area contributed by atoms with E-state index >= 15 is 0 Å². The molecule has 0 aliphatic carbocycles. The van der Waals surface area contributed by atoms with Crippen molar-refractivity contribution in [1.82, 2.24) is 0 Å². The molecule has 5 atom stereocenters. The van der Waals surface area contributed by atoms with Crippen LogP contribution in [0.1, 0.15) is 53.4 Å². The smallest absolute Gasteiger partial charge is 0.109 e. The highest BCUT2D eigenvalue weighted by atomic mass is 16.6. The van der Waals surface area contributed by atoms with Gasteiger partial charge in [0.1, 0.15) is 6.10 Å². The van der Waals surface area contributed by atoms with Crippen molar-refractivity contribution >= 4 is 0 Å². The maximum atomic E-state index is 10.2. The van der Waals surface area contributed by atoms with Crippen LogP contribution in [-0.4, -0.2) is 46.8 Å². The number of hydrogen-bond donors (Lipinski definition) is 1. The van der Waals surface area contributed by atoms with Gasteiger partial charge in [-0.15, -0.1) is 0 Å². The summed E-state index contributed by atoms with van der Waals surface area (Å²) in [5.41, 5.74) is -0.606. The molecule has 0 aromatic heterocycles. The molecular weight excluding hydrogens is 244 g/mol. The first-order valence-electron chi connectivity index (χ1n) is 7.43. The van der Waals surface area contributed by atoms with Gasteiger partial charge in [-0.05, 0) is 53.4 Å². The van der Waals surface area contributed by atoms with E-state index in [-0.39, 0.29) is 17.3 Å². The molecule has 19 heavy (non-hydrogen) atoms. The van der Waals surface area contributed by atoms with E-state index in [1.807, 2.05) is 6.92 Å². The van der Waals surface area contributed by atoms with Gasteiger partial charge in [0, 0.05) is 0 Å². The van der Waals surface area contributed by atoms with Gasteiger partial charge < -0.3 is 19.3 Å². The van der Waals surface area contributed by atoms with Crippen LogP contribution in [0, 0.1) is 0 Å². The van der Waals surface area contributed by atoms with Crippen molar-refractivity contribution in [3.05, 3.63) is 0 Å². The van der Waals surface area contributed by atoms with Crippen LogP contribution in [0.25, 0.3) is 0 Å². The molecule has 0 amide bonds. The monoisotopic (exact) mass is 270 g/mol. The molecule has 3 rings (SSSR count). The highest BCUT2D eigenvalue weighted by Crippen LogP contribution is 2.47. The molecule has 5 unspecified atom stereocenters. The third kappa shape index (κ3) is 2.97. The molecule has 4 heteroatoms. The van der Waals surface area contributed by atoms with Crippen molar-refractivity contribution < 1.29 is 19.3 Å². The van der Waals surface area contributed by atoms with E-state index in [9.17, 15) is 5.11 Å². The van der Waals surface area contributed by atoms with Crippen LogP contribution in [0.4, 0.5) is 0 Å². The molecule has 0 aromatic rings. The van der Waals surface area contributed by atoms with Crippen LogP contribution in [0.5, 0.6) is 0 Å². The molecular formula is C15H26O4. The minimum absolute atomic E-state index is 0.00250. The minimum Gasteiger partial charge on any atom is -0.387 e. The normalized spacial score (nSPS) is 45.6. The Hall–Kier alpha value is -0.160. The summed E-state index contributed by atoms with van der Waals surface area (Å²) in [6, 6.07) is 0. The van der Waals surface area contributed by atoms with E-state index in [0.29, 0.717) is 18.8 Å². The molecule has 3 aliphatic rings. The average molecular weight is 270 g/mol. The zero-order chi connectivity index (χ0) is 13.9. The van der Waals surface area contributed by atoms with Crippen molar-refractivity contribution in [1.29, 1.82) is 0 Å². The third-order valence-electron chi connectivity index (χ3n) is 5.04. The molecule has 0 saturated carbocycles. The van der Waals surface area contributed by atoms with Gasteiger partial charge in [0.05, 0.1) is 35.6 Å². The fraction of sp³-hybridized carbons (Fsp3) is 1.00. The van der Waals surface area contributed by atoms with Gasteiger partial charge in [0.2, 0.25) is 0 Å². The van der Waals surface area contributed by atoms with Crippen molar-refractivity contribution in [2.45, 2.75) is 88.5 Å². The first kappa shape index (κ1) is 13.8. The summed E-state index contributed by atoms with van der Waals surface area (Å²) in [7, 11) is 0. The van der Waals surface area contributed by atoms with Crippen LogP contribution in [-0.2, 0) is 14.2 Å². The molecule has 3 heterocycles. The molecule has 3 aliphatic heterocycles. The molecule has 110 valence electrons. The Labute approximate surface area is 115 Å². The van der Waals surface area contributed by atoms with Crippen molar-refractivity contribution in [3.63, 3.8) is 0 Å². The van der Waals surface area contributed by atoms with E-state index in [4.69, 9.17) is 14.2 Å². The number of rotatable bonds is 7. The maximum Gasteiger partial charge on any atom is 0.109 e. The van der Waals surface area contributed by atoms with E-state index < -0.39 is 5.60 Å². The lowest BCUT2D eigenvalue weighted by atomic mass is 9.90. The van der Waals surface area contributed by atoms with Crippen LogP contribution in [0.15, 0.2) is 0 Å². The third-order valence-corrected chi connectivity index (χ3v) is 5.04. The van der Waals surface area contributed by atoms with Crippen molar-refractivity contribution in [2.75, 3.05) is 6.61 Å². The molecule has 3 saturated heterocycles. The maximum absolute atomic E-state index is 10.2. The zero-order valence-corrected chi connectivity index (χ0v) is 12.4. The Kier molecular flexibility index (Phi) is 3.03. The Bertz CT molecular complexity index is 361. The second kappa shape index (κ2) is 4.17. The van der Waals surface area contributed by atoms with E-state index in [0.717, 1.165) is 25.7 Å². The largest absolute Gasteiger partial charge is 0.387 e. The predicted octanol–water partition coefficient (Wildman–Crippen LogP) is 2.03. The van der Waals surface area contributed by atoms with Gasteiger partial charge in [-0.1, -0.05) is 0 Å². The van der Waals surface area contributed by atoms with E-state index in [1.165, 1.54) is 0 Å². The Morgan fingerprint density at radius 1 is 1.16 bits per heavy atom. The molecule has 0 radical (unpaired) electrons. The van der Waals surface area contributed by atoms with Gasteiger partial charge in [0.25, 0.3) is 0 Å². The van der Waals surface area contributed by atoms with Crippen LogP contribution >= 0.6 is 0 Å². The quantitative estimate of drug-likeness (QED) is 0.719. The summed E-state index contributed by atoms with van der Waals surface area (Å²) in [6.45, 7) is 9.01. The van der Waals surface area contributed by atoms with Gasteiger partial charge in [-0.25, -0.2) is 0 Å². The van der Waals surface area contributed by atoms with Crippen molar-refractivity contribution in [2.24, 2.45) is 0 Å². The summed E-state index contributed by atoms with van der Waals surface area (Å²) in [4.78, 5) is 0. The van der Waals surface area contributed by atoms with Gasteiger partial charge in [-0.3, -0.25) is 0 Å². The predicted molar refractivity (Wildman–Crippen MR) is 71.1 cm³/mol. The SMILES string of the molecule is CC(O)(CCC1OC1(C)CCC1OC1(C)C)C1CO1. The van der Waals surface area contributed by atoms with Crippen LogP contribution < -0.4 is 0 Å². The van der Waals surface area contributed by atoms with Gasteiger partial charge in [0.15, 0.2) is 0 Å². The lowest BCUT2D eigenvalue weighted by molar-refractivity contribution is 0.0181. The Morgan fingerprint density at radius 3 is 2.32 bits per heavy atom. The summed E-state index contributed by atoms with van der Waals surface area (Å²) in [6.07, 6.45) is 4.52. The highest BCUT2D eigenvalue weighted by molar-refractivity contribution is 5.04. The molecule has 3 fully saturated rings. The first-order valence-corrected chi connectivity index (χ1v) is 7.43. The fourth-order valence-corrected chi connectivity index (χ4v) is 3.02. The molecule has 1 N–H and O–H groups in total. The van der Waals surface area contributed by atoms with Gasteiger partial charge >= 0.3 is 0 Å². The summed E-state index contributed by atoms with van der Waals surface area (Å²) in [5.74, 6) is 0. The lowest BCUT2D eigenvalue weighted by Crippen LogP contribution is -2.32. The van der Waals surface area contributed by atoms with Crippen LogP contribution in [0.2, 0.25) is 0 Å². The minimum atomic E-state index is -0.686. The second-order valence-corrected chi connectivity index (χ2v) is 7.39. The number of hydrogen-bond acceptors (Lipinski definition) is 4. The Morgan fingerprint density at radius 2 is 1.79 bits per heavy atom. The number of ether oxygens (including phenoxy) is 3. The molecule has 4 nitrogen and oxygen atoms in total. The lowest BCUT2D eigenvalue weighted by Gasteiger charge is -2.20. The number of epoxide rings is 3. The topological polar surface area (TPSA) is 57.8 Å². The van der Waals surface area contributed by atoms with Crippen molar-refractivity contribution in [3.8, 4) is 0 Å². The van der Waals surface area contributed by atoms with E-state index in [2.05, 4.69) is 20.8 Å². The van der Waals surface area contributed by atoms with E-state index in [1.54, 1.807) is 0 Å². The fourth-order valence-electron chi connectivity index (χ4n) is 3.02. The van der Waals surface area contributed by atoms with Crippen LogP contribution in [0.3, 0.4) is 0 Å². The summed E-state index contributed by atoms with van der Waals surface area (Å²) < 4.78 is 16.6.